The molecule has 0 heterocycles. The summed E-state index contributed by atoms with van der Waals surface area (Å²) in [6.07, 6.45) is 1.84. The molecule has 2 amide bonds. The molecule has 0 spiro atoms. The van der Waals surface area contributed by atoms with Gasteiger partial charge in [0.15, 0.2) is 11.6 Å². The van der Waals surface area contributed by atoms with Gasteiger partial charge in [0.1, 0.15) is 0 Å². The van der Waals surface area contributed by atoms with Crippen molar-refractivity contribution in [3.63, 3.8) is 0 Å². The molecule has 3 N–H and O–H groups in total. The topological polar surface area (TPSA) is 147 Å². The number of rotatable bonds is 12. The van der Waals surface area contributed by atoms with E-state index in [1.807, 2.05) is 6.92 Å². The van der Waals surface area contributed by atoms with E-state index in [4.69, 9.17) is 0 Å². The molecule has 0 saturated carbocycles. The highest BCUT2D eigenvalue weighted by Crippen LogP contribution is 2.17. The molecule has 10 heteroatoms. The number of Topliss-reactive ketones (excluding diaryl/α,β-unsaturated/α-hetero) is 2. The summed E-state index contributed by atoms with van der Waals surface area (Å²) in [5.74, 6) is -1.45. The Bertz CT molecular complexity index is 1170. The monoisotopic (exact) mass is 488 g/mol. The second-order valence-electron chi connectivity index (χ2n) is 7.75. The first-order valence-corrected chi connectivity index (χ1v) is 12.3. The average molecular weight is 489 g/mol. The Balaban J connectivity index is 2.01. The molecule has 2 rings (SSSR count). The highest BCUT2D eigenvalue weighted by molar-refractivity contribution is 7.85. The zero-order chi connectivity index (χ0) is 25.3. The largest absolute Gasteiger partial charge is 0.352 e. The third-order valence-corrected chi connectivity index (χ3v) is 5.86. The molecule has 0 atom stereocenters. The first kappa shape index (κ1) is 26.9. The van der Waals surface area contributed by atoms with Crippen LogP contribution in [0.1, 0.15) is 81.0 Å². The minimum absolute atomic E-state index is 0.0185. The SMILES string of the molecule is CCCCNC(=O)c1cc(C(=O)CCCNC(=O)c2ccc(C(C)=O)cc2)cc(S(=O)(=O)O)c1. The van der Waals surface area contributed by atoms with Crippen molar-refractivity contribution in [2.45, 2.75) is 44.4 Å². The number of carbonyl (C=O) groups excluding carboxylic acids is 4. The molecular formula is C24H28N2O7S. The van der Waals surface area contributed by atoms with Gasteiger partial charge in [0.25, 0.3) is 21.9 Å². The van der Waals surface area contributed by atoms with Crippen molar-refractivity contribution in [3.8, 4) is 0 Å². The highest BCUT2D eigenvalue weighted by Gasteiger charge is 2.18. The van der Waals surface area contributed by atoms with E-state index in [9.17, 15) is 32.1 Å². The zero-order valence-electron chi connectivity index (χ0n) is 19.1. The fourth-order valence-corrected chi connectivity index (χ4v) is 3.63. The van der Waals surface area contributed by atoms with Gasteiger partial charge in [-0.3, -0.25) is 23.7 Å². The number of benzene rings is 2. The van der Waals surface area contributed by atoms with Gasteiger partial charge in [0.2, 0.25) is 0 Å². The van der Waals surface area contributed by atoms with Gasteiger partial charge < -0.3 is 10.6 Å². The van der Waals surface area contributed by atoms with Crippen LogP contribution in [0.3, 0.4) is 0 Å². The second-order valence-corrected chi connectivity index (χ2v) is 9.17. The van der Waals surface area contributed by atoms with E-state index < -0.39 is 26.7 Å². The van der Waals surface area contributed by atoms with Crippen molar-refractivity contribution in [2.24, 2.45) is 0 Å². The van der Waals surface area contributed by atoms with Crippen molar-refractivity contribution in [1.82, 2.24) is 10.6 Å². The molecule has 0 aromatic heterocycles. The Labute approximate surface area is 198 Å². The average Bonchev–Trinajstić information content (AvgIpc) is 2.80. The maximum Gasteiger partial charge on any atom is 0.294 e. The lowest BCUT2D eigenvalue weighted by atomic mass is 10.0. The molecule has 0 aliphatic rings. The van der Waals surface area contributed by atoms with E-state index in [1.165, 1.54) is 25.1 Å². The van der Waals surface area contributed by atoms with Crippen molar-refractivity contribution in [1.29, 1.82) is 0 Å². The third-order valence-electron chi connectivity index (χ3n) is 5.02. The number of unbranched alkanes of at least 4 members (excludes halogenated alkanes) is 1. The van der Waals surface area contributed by atoms with E-state index in [2.05, 4.69) is 10.6 Å². The molecule has 34 heavy (non-hydrogen) atoms. The summed E-state index contributed by atoms with van der Waals surface area (Å²) in [6.45, 7) is 3.96. The van der Waals surface area contributed by atoms with Crippen LogP contribution >= 0.6 is 0 Å². The summed E-state index contributed by atoms with van der Waals surface area (Å²) in [5, 5.41) is 5.31. The number of amides is 2. The van der Waals surface area contributed by atoms with Gasteiger partial charge in [-0.05, 0) is 50.1 Å². The van der Waals surface area contributed by atoms with Crippen LogP contribution in [0.15, 0.2) is 47.4 Å². The molecule has 182 valence electrons. The van der Waals surface area contributed by atoms with Crippen molar-refractivity contribution in [2.75, 3.05) is 13.1 Å². The lowest BCUT2D eigenvalue weighted by molar-refractivity contribution is 0.0935. The quantitative estimate of drug-likeness (QED) is 0.236. The molecule has 0 unspecified atom stereocenters. The van der Waals surface area contributed by atoms with Crippen LogP contribution in [0, 0.1) is 0 Å². The minimum Gasteiger partial charge on any atom is -0.352 e. The number of ketones is 2. The molecule has 2 aromatic rings. The van der Waals surface area contributed by atoms with E-state index in [-0.39, 0.29) is 42.2 Å². The van der Waals surface area contributed by atoms with Gasteiger partial charge in [0, 0.05) is 41.8 Å². The Morgan fingerprint density at radius 1 is 0.794 bits per heavy atom. The highest BCUT2D eigenvalue weighted by atomic mass is 32.2. The van der Waals surface area contributed by atoms with Gasteiger partial charge in [-0.2, -0.15) is 8.42 Å². The van der Waals surface area contributed by atoms with Gasteiger partial charge >= 0.3 is 0 Å². The number of carbonyl (C=O) groups is 4. The molecule has 0 bridgehead atoms. The summed E-state index contributed by atoms with van der Waals surface area (Å²) in [4.78, 5) is 47.9. The summed E-state index contributed by atoms with van der Waals surface area (Å²) < 4.78 is 32.6. The first-order chi connectivity index (χ1) is 16.0. The van der Waals surface area contributed by atoms with E-state index in [0.29, 0.717) is 17.7 Å². The van der Waals surface area contributed by atoms with Crippen LogP contribution in [0.25, 0.3) is 0 Å². The normalized spacial score (nSPS) is 11.0. The predicted octanol–water partition coefficient (Wildman–Crippen LogP) is 3.06. The van der Waals surface area contributed by atoms with Crippen LogP contribution in [0.5, 0.6) is 0 Å². The number of hydrogen-bond donors (Lipinski definition) is 3. The molecule has 0 saturated heterocycles. The Morgan fingerprint density at radius 2 is 1.32 bits per heavy atom. The van der Waals surface area contributed by atoms with Crippen molar-refractivity contribution >= 4 is 33.5 Å². The fraction of sp³-hybridized carbons (Fsp3) is 0.333. The standard InChI is InChI=1S/C24H28N2O7S/c1-3-4-11-25-24(30)20-13-19(14-21(15-20)34(31,32)33)22(28)6-5-12-26-23(29)18-9-7-17(8-10-18)16(2)27/h7-10,13-15H,3-6,11-12H2,1-2H3,(H,25,30)(H,26,29)(H,31,32,33). The Kier molecular flexibility index (Phi) is 9.64. The Hall–Kier alpha value is -3.37. The molecule has 0 aliphatic carbocycles. The predicted molar refractivity (Wildman–Crippen MR) is 126 cm³/mol. The van der Waals surface area contributed by atoms with E-state index >= 15 is 0 Å². The van der Waals surface area contributed by atoms with Crippen LogP contribution < -0.4 is 10.6 Å². The van der Waals surface area contributed by atoms with Crippen LogP contribution in [0.4, 0.5) is 0 Å². The molecule has 9 nitrogen and oxygen atoms in total. The zero-order valence-corrected chi connectivity index (χ0v) is 19.9. The summed E-state index contributed by atoms with van der Waals surface area (Å²) >= 11 is 0. The maximum absolute atomic E-state index is 12.6. The van der Waals surface area contributed by atoms with Gasteiger partial charge in [-0.15, -0.1) is 0 Å². The Morgan fingerprint density at radius 3 is 1.88 bits per heavy atom. The van der Waals surface area contributed by atoms with Crippen LogP contribution in [0.2, 0.25) is 0 Å². The fourth-order valence-electron chi connectivity index (χ4n) is 3.07. The summed E-state index contributed by atoms with van der Waals surface area (Å²) in [7, 11) is -4.63. The van der Waals surface area contributed by atoms with Crippen molar-refractivity contribution < 1.29 is 32.1 Å². The molecule has 2 aromatic carbocycles. The molecule has 0 aliphatic heterocycles. The molecule has 0 fully saturated rings. The summed E-state index contributed by atoms with van der Waals surface area (Å²) in [6, 6.07) is 9.50. The lowest BCUT2D eigenvalue weighted by Crippen LogP contribution is -2.25. The molecular weight excluding hydrogens is 460 g/mol. The molecule has 0 radical (unpaired) electrons. The lowest BCUT2D eigenvalue weighted by Gasteiger charge is -2.09. The third kappa shape index (κ3) is 7.89. The summed E-state index contributed by atoms with van der Waals surface area (Å²) in [5.41, 5.74) is 0.794. The number of nitrogens with one attached hydrogen (secondary N) is 2. The van der Waals surface area contributed by atoms with Gasteiger partial charge in [-0.1, -0.05) is 25.5 Å². The van der Waals surface area contributed by atoms with Gasteiger partial charge in [-0.25, -0.2) is 0 Å². The van der Waals surface area contributed by atoms with Gasteiger partial charge in [0.05, 0.1) is 4.90 Å². The maximum atomic E-state index is 12.6. The first-order valence-electron chi connectivity index (χ1n) is 10.9. The van der Waals surface area contributed by atoms with Crippen LogP contribution in [-0.4, -0.2) is 49.4 Å². The smallest absolute Gasteiger partial charge is 0.294 e. The van der Waals surface area contributed by atoms with Crippen LogP contribution in [-0.2, 0) is 10.1 Å². The van der Waals surface area contributed by atoms with Crippen molar-refractivity contribution in [3.05, 3.63) is 64.7 Å². The van der Waals surface area contributed by atoms with E-state index in [0.717, 1.165) is 25.0 Å². The minimum atomic E-state index is -4.63. The number of hydrogen-bond acceptors (Lipinski definition) is 6. The second kappa shape index (κ2) is 12.2. The van der Waals surface area contributed by atoms with E-state index in [1.54, 1.807) is 12.1 Å².